The molecular weight excluding hydrogens is 356 g/mol. The van der Waals surface area contributed by atoms with Crippen molar-refractivity contribution in [1.29, 1.82) is 0 Å². The average molecular weight is 380 g/mol. The summed E-state index contributed by atoms with van der Waals surface area (Å²) in [5.74, 6) is 1.46. The zero-order valence-corrected chi connectivity index (χ0v) is 15.8. The molecule has 1 aliphatic heterocycles. The fourth-order valence-corrected chi connectivity index (χ4v) is 3.92. The highest BCUT2D eigenvalue weighted by molar-refractivity contribution is 5.74. The van der Waals surface area contributed by atoms with Gasteiger partial charge in [0, 0.05) is 12.8 Å². The molecule has 28 heavy (non-hydrogen) atoms. The van der Waals surface area contributed by atoms with E-state index in [0.29, 0.717) is 12.5 Å². The molecule has 2 fully saturated rings. The molecule has 8 nitrogen and oxygen atoms in total. The Kier molecular flexibility index (Phi) is 4.35. The van der Waals surface area contributed by atoms with Crippen molar-refractivity contribution in [2.24, 2.45) is 5.92 Å². The topological polar surface area (TPSA) is 101 Å². The number of hydrogen-bond donors (Lipinski definition) is 1. The normalized spacial score (nSPS) is 19.9. The number of fused-ring (bicyclic) bond motifs is 1. The van der Waals surface area contributed by atoms with Gasteiger partial charge in [-0.05, 0) is 56.6 Å². The number of hydrogen-bond acceptors (Lipinski definition) is 6. The Bertz CT molecular complexity index is 1060. The molecule has 3 aromatic heterocycles. The first kappa shape index (κ1) is 17.4. The predicted molar refractivity (Wildman–Crippen MR) is 105 cm³/mol. The lowest BCUT2D eigenvalue weighted by atomic mass is 10.2. The molecule has 5 rings (SSSR count). The molecule has 3 aromatic rings. The average Bonchev–Trinajstić information content (AvgIpc) is 3.45. The molecule has 1 saturated carbocycles. The molecule has 1 unspecified atom stereocenters. The van der Waals surface area contributed by atoms with Crippen LogP contribution >= 0.6 is 0 Å². The summed E-state index contributed by atoms with van der Waals surface area (Å²) in [5.41, 5.74) is 8.44. The zero-order chi connectivity index (χ0) is 19.1. The van der Waals surface area contributed by atoms with Gasteiger partial charge in [0.25, 0.3) is 5.56 Å². The van der Waals surface area contributed by atoms with Gasteiger partial charge in [0.15, 0.2) is 5.65 Å². The van der Waals surface area contributed by atoms with Crippen molar-refractivity contribution in [3.8, 4) is 0 Å². The Morgan fingerprint density at radius 2 is 2.11 bits per heavy atom. The minimum atomic E-state index is -0.213. The predicted octanol–water partition coefficient (Wildman–Crippen LogP) is 2.27. The maximum Gasteiger partial charge on any atom is 0.274 e. The van der Waals surface area contributed by atoms with Gasteiger partial charge in [-0.2, -0.15) is 0 Å². The smallest absolute Gasteiger partial charge is 0.274 e. The highest BCUT2D eigenvalue weighted by Crippen LogP contribution is 2.34. The summed E-state index contributed by atoms with van der Waals surface area (Å²) in [6.07, 6.45) is 9.75. The van der Waals surface area contributed by atoms with Crippen molar-refractivity contribution in [1.82, 2.24) is 24.1 Å². The molecule has 1 aliphatic carbocycles. The van der Waals surface area contributed by atoms with E-state index >= 15 is 0 Å². The molecule has 4 heterocycles. The molecule has 0 aromatic carbocycles. The van der Waals surface area contributed by atoms with E-state index in [1.54, 1.807) is 29.2 Å². The first-order chi connectivity index (χ1) is 13.7. The van der Waals surface area contributed by atoms with Crippen LogP contribution in [0.1, 0.15) is 49.9 Å². The number of pyridine rings is 1. The Morgan fingerprint density at radius 3 is 2.89 bits per heavy atom. The van der Waals surface area contributed by atoms with E-state index in [2.05, 4.69) is 14.5 Å². The summed E-state index contributed by atoms with van der Waals surface area (Å²) in [7, 11) is 0. The molecule has 0 radical (unpaired) electrons. The van der Waals surface area contributed by atoms with E-state index in [0.717, 1.165) is 55.0 Å². The summed E-state index contributed by atoms with van der Waals surface area (Å²) in [6.45, 7) is 1.05. The van der Waals surface area contributed by atoms with Gasteiger partial charge in [-0.15, -0.1) is 0 Å². The van der Waals surface area contributed by atoms with Crippen LogP contribution in [0, 0.1) is 5.92 Å². The van der Waals surface area contributed by atoms with Crippen LogP contribution in [0.5, 0.6) is 0 Å². The van der Waals surface area contributed by atoms with Crippen LogP contribution in [0.15, 0.2) is 29.5 Å². The summed E-state index contributed by atoms with van der Waals surface area (Å²) in [5, 5.41) is 0. The van der Waals surface area contributed by atoms with Crippen molar-refractivity contribution in [2.45, 2.75) is 51.3 Å². The van der Waals surface area contributed by atoms with Gasteiger partial charge < -0.3 is 15.0 Å². The Balaban J connectivity index is 1.63. The highest BCUT2D eigenvalue weighted by Gasteiger charge is 2.28. The van der Waals surface area contributed by atoms with Gasteiger partial charge in [0.05, 0.1) is 17.9 Å². The van der Waals surface area contributed by atoms with E-state index in [1.165, 1.54) is 12.8 Å². The van der Waals surface area contributed by atoms with E-state index in [1.807, 2.05) is 0 Å². The molecule has 0 bridgehead atoms. The maximum atomic E-state index is 12.4. The molecule has 2 aliphatic rings. The van der Waals surface area contributed by atoms with Gasteiger partial charge in [0.2, 0.25) is 0 Å². The number of rotatable bonds is 5. The van der Waals surface area contributed by atoms with Crippen molar-refractivity contribution >= 4 is 16.9 Å². The fourth-order valence-electron chi connectivity index (χ4n) is 3.92. The van der Waals surface area contributed by atoms with E-state index in [4.69, 9.17) is 15.5 Å². The lowest BCUT2D eigenvalue weighted by Gasteiger charge is -2.25. The van der Waals surface area contributed by atoms with Gasteiger partial charge in [-0.1, -0.05) is 0 Å². The molecule has 1 atom stereocenters. The van der Waals surface area contributed by atoms with Crippen molar-refractivity contribution in [3.05, 3.63) is 46.5 Å². The summed E-state index contributed by atoms with van der Waals surface area (Å²) in [4.78, 5) is 26.4. The van der Waals surface area contributed by atoms with E-state index in [-0.39, 0.29) is 17.5 Å². The maximum absolute atomic E-state index is 12.4. The lowest BCUT2D eigenvalue weighted by Crippen LogP contribution is -2.26. The zero-order valence-electron chi connectivity index (χ0n) is 15.8. The third kappa shape index (κ3) is 3.17. The van der Waals surface area contributed by atoms with Crippen LogP contribution in [0.4, 0.5) is 5.69 Å². The van der Waals surface area contributed by atoms with Crippen LogP contribution < -0.4 is 11.3 Å². The van der Waals surface area contributed by atoms with Crippen molar-refractivity contribution < 1.29 is 4.74 Å². The molecule has 8 heteroatoms. The fraction of sp³-hybridized carbons (Fsp3) is 0.500. The second kappa shape index (κ2) is 7.01. The quantitative estimate of drug-likeness (QED) is 0.729. The molecule has 2 N–H and O–H groups in total. The standard InChI is InChI=1S/C20H24N6O2/c21-14-4-3-8-25(20(14)27)11-16-24-18-15(10-13-6-7-13)22-12-23-19(18)26(16)17-5-1-2-9-28-17/h3-4,8,12-13,17H,1-2,5-7,9-11,21H2. The number of anilines is 1. The largest absolute Gasteiger partial charge is 0.394 e. The minimum Gasteiger partial charge on any atom is -0.394 e. The first-order valence-electron chi connectivity index (χ1n) is 9.98. The lowest BCUT2D eigenvalue weighted by molar-refractivity contribution is -0.0314. The van der Waals surface area contributed by atoms with Crippen LogP contribution in [-0.2, 0) is 17.7 Å². The van der Waals surface area contributed by atoms with Crippen LogP contribution in [0.3, 0.4) is 0 Å². The molecule has 146 valence electrons. The highest BCUT2D eigenvalue weighted by atomic mass is 16.5. The SMILES string of the molecule is Nc1cccn(Cc2nc3c(CC4CC4)ncnc3n2C2CCCCO2)c1=O. The number of aromatic nitrogens is 5. The second-order valence-corrected chi connectivity index (χ2v) is 7.76. The van der Waals surface area contributed by atoms with Crippen LogP contribution in [0.25, 0.3) is 11.2 Å². The third-order valence-corrected chi connectivity index (χ3v) is 5.61. The van der Waals surface area contributed by atoms with Crippen LogP contribution in [-0.4, -0.2) is 30.7 Å². The summed E-state index contributed by atoms with van der Waals surface area (Å²) in [6, 6.07) is 3.39. The third-order valence-electron chi connectivity index (χ3n) is 5.61. The van der Waals surface area contributed by atoms with Gasteiger partial charge in [-0.3, -0.25) is 9.36 Å². The van der Waals surface area contributed by atoms with Crippen molar-refractivity contribution in [2.75, 3.05) is 12.3 Å². The summed E-state index contributed by atoms with van der Waals surface area (Å²) < 4.78 is 9.69. The molecule has 0 amide bonds. The van der Waals surface area contributed by atoms with Gasteiger partial charge in [-0.25, -0.2) is 15.0 Å². The van der Waals surface area contributed by atoms with E-state index in [9.17, 15) is 4.79 Å². The number of ether oxygens (including phenoxy) is 1. The van der Waals surface area contributed by atoms with Gasteiger partial charge >= 0.3 is 0 Å². The van der Waals surface area contributed by atoms with Gasteiger partial charge in [0.1, 0.15) is 23.9 Å². The molecule has 0 spiro atoms. The second-order valence-electron chi connectivity index (χ2n) is 7.76. The Labute approximate surface area is 162 Å². The minimum absolute atomic E-state index is 0.116. The monoisotopic (exact) mass is 380 g/mol. The molecular formula is C20H24N6O2. The number of nitrogen functional groups attached to an aromatic ring is 1. The number of imidazole rings is 1. The Morgan fingerprint density at radius 1 is 1.21 bits per heavy atom. The van der Waals surface area contributed by atoms with Crippen molar-refractivity contribution in [3.63, 3.8) is 0 Å². The Hall–Kier alpha value is -2.74. The number of nitrogens with zero attached hydrogens (tertiary/aromatic N) is 5. The molecule has 1 saturated heterocycles. The van der Waals surface area contributed by atoms with Crippen LogP contribution in [0.2, 0.25) is 0 Å². The van der Waals surface area contributed by atoms with E-state index < -0.39 is 0 Å². The summed E-state index contributed by atoms with van der Waals surface area (Å²) >= 11 is 0. The first-order valence-corrected chi connectivity index (χ1v) is 9.98. The number of nitrogens with two attached hydrogens (primary N) is 1.